The van der Waals surface area contributed by atoms with Gasteiger partial charge in [-0.3, -0.25) is 9.59 Å². The van der Waals surface area contributed by atoms with Gasteiger partial charge in [0, 0.05) is 12.6 Å². The fourth-order valence-corrected chi connectivity index (χ4v) is 4.39. The van der Waals surface area contributed by atoms with Gasteiger partial charge in [-0.2, -0.15) is 0 Å². The highest BCUT2D eigenvalue weighted by molar-refractivity contribution is 6.42. The average molecular weight is 461 g/mol. The van der Waals surface area contributed by atoms with E-state index >= 15 is 0 Å². The Balaban J connectivity index is 1.71. The molecule has 0 heterocycles. The summed E-state index contributed by atoms with van der Waals surface area (Å²) in [5, 5.41) is 4.04. The molecule has 4 nitrogen and oxygen atoms in total. The first-order valence-corrected chi connectivity index (χ1v) is 11.8. The molecule has 0 saturated heterocycles. The minimum atomic E-state index is -0.541. The van der Waals surface area contributed by atoms with Crippen LogP contribution in [0.1, 0.15) is 50.2 Å². The van der Waals surface area contributed by atoms with Crippen LogP contribution >= 0.6 is 23.2 Å². The molecule has 166 valence electrons. The van der Waals surface area contributed by atoms with Crippen LogP contribution in [0.2, 0.25) is 10.0 Å². The smallest absolute Gasteiger partial charge is 0.242 e. The minimum Gasteiger partial charge on any atom is -0.352 e. The van der Waals surface area contributed by atoms with Crippen molar-refractivity contribution in [1.29, 1.82) is 0 Å². The molecule has 1 atom stereocenters. The first kappa shape index (κ1) is 23.6. The largest absolute Gasteiger partial charge is 0.352 e. The van der Waals surface area contributed by atoms with Crippen LogP contribution in [0.4, 0.5) is 0 Å². The molecule has 2 amide bonds. The molecule has 0 unspecified atom stereocenters. The number of rotatable bonds is 8. The van der Waals surface area contributed by atoms with Crippen LogP contribution in [0.5, 0.6) is 0 Å². The monoisotopic (exact) mass is 460 g/mol. The lowest BCUT2D eigenvalue weighted by Crippen LogP contribution is -2.51. The molecule has 1 saturated carbocycles. The van der Waals surface area contributed by atoms with E-state index in [0.717, 1.165) is 36.8 Å². The lowest BCUT2D eigenvalue weighted by molar-refractivity contribution is -0.139. The maximum Gasteiger partial charge on any atom is 0.242 e. The van der Waals surface area contributed by atoms with Gasteiger partial charge in [0.1, 0.15) is 6.04 Å². The normalized spacial score (nSPS) is 15.3. The third kappa shape index (κ3) is 6.98. The summed E-state index contributed by atoms with van der Waals surface area (Å²) in [6.07, 6.45) is 6.41. The maximum absolute atomic E-state index is 13.2. The zero-order valence-corrected chi connectivity index (χ0v) is 19.5. The molecule has 31 heavy (non-hydrogen) atoms. The van der Waals surface area contributed by atoms with Gasteiger partial charge >= 0.3 is 0 Å². The number of hydrogen-bond donors (Lipinski definition) is 1. The predicted molar refractivity (Wildman–Crippen MR) is 127 cm³/mol. The van der Waals surface area contributed by atoms with Crippen LogP contribution in [0.15, 0.2) is 48.5 Å². The summed E-state index contributed by atoms with van der Waals surface area (Å²) in [5.41, 5.74) is 1.92. The standard InChI is InChI=1S/C25H30Cl2N2O2/c1-18(25(31)28-21-10-6-3-7-11-21)29(15-14-19-8-4-2-5-9-19)24(30)17-20-12-13-22(26)23(27)16-20/h2,4-5,8-9,12-13,16,18,21H,3,6-7,10-11,14-15,17H2,1H3,(H,28,31)/t18-/m1/s1. The highest BCUT2D eigenvalue weighted by Crippen LogP contribution is 2.23. The van der Waals surface area contributed by atoms with Crippen molar-refractivity contribution >= 4 is 35.0 Å². The number of halogens is 2. The molecule has 0 aliphatic heterocycles. The van der Waals surface area contributed by atoms with Gasteiger partial charge in [-0.15, -0.1) is 0 Å². The van der Waals surface area contributed by atoms with Crippen molar-refractivity contribution in [3.05, 3.63) is 69.7 Å². The van der Waals surface area contributed by atoms with Gasteiger partial charge in [0.05, 0.1) is 16.5 Å². The Kier molecular flexibility index (Phi) is 8.79. The zero-order valence-electron chi connectivity index (χ0n) is 17.9. The van der Waals surface area contributed by atoms with Crippen LogP contribution in [0.25, 0.3) is 0 Å². The van der Waals surface area contributed by atoms with E-state index in [1.54, 1.807) is 23.1 Å². The van der Waals surface area contributed by atoms with E-state index in [9.17, 15) is 9.59 Å². The first-order chi connectivity index (χ1) is 14.9. The molecule has 2 aromatic rings. The van der Waals surface area contributed by atoms with Crippen LogP contribution in [-0.2, 0) is 22.4 Å². The Hall–Kier alpha value is -2.04. The van der Waals surface area contributed by atoms with Gasteiger partial charge in [-0.25, -0.2) is 0 Å². The summed E-state index contributed by atoms with van der Waals surface area (Å²) >= 11 is 12.1. The highest BCUT2D eigenvalue weighted by atomic mass is 35.5. The van der Waals surface area contributed by atoms with E-state index in [0.29, 0.717) is 23.0 Å². The third-order valence-electron chi connectivity index (χ3n) is 5.94. The quantitative estimate of drug-likeness (QED) is 0.569. The zero-order chi connectivity index (χ0) is 22.2. The second-order valence-corrected chi connectivity index (χ2v) is 9.08. The van der Waals surface area contributed by atoms with Crippen molar-refractivity contribution < 1.29 is 9.59 Å². The van der Waals surface area contributed by atoms with Crippen molar-refractivity contribution in [2.75, 3.05) is 6.54 Å². The van der Waals surface area contributed by atoms with E-state index in [4.69, 9.17) is 23.2 Å². The van der Waals surface area contributed by atoms with Gasteiger partial charge in [0.15, 0.2) is 0 Å². The Morgan fingerprint density at radius 3 is 2.39 bits per heavy atom. The van der Waals surface area contributed by atoms with Crippen LogP contribution in [-0.4, -0.2) is 35.3 Å². The number of benzene rings is 2. The van der Waals surface area contributed by atoms with E-state index in [1.807, 2.05) is 37.3 Å². The minimum absolute atomic E-state index is 0.0811. The highest BCUT2D eigenvalue weighted by Gasteiger charge is 2.27. The van der Waals surface area contributed by atoms with Crippen molar-refractivity contribution in [3.63, 3.8) is 0 Å². The van der Waals surface area contributed by atoms with Crippen LogP contribution in [0, 0.1) is 0 Å². The summed E-state index contributed by atoms with van der Waals surface area (Å²) in [6.45, 7) is 2.29. The van der Waals surface area contributed by atoms with Crippen molar-refractivity contribution in [2.24, 2.45) is 0 Å². The van der Waals surface area contributed by atoms with E-state index in [2.05, 4.69) is 5.32 Å². The maximum atomic E-state index is 13.2. The third-order valence-corrected chi connectivity index (χ3v) is 6.68. The molecule has 3 rings (SSSR count). The van der Waals surface area contributed by atoms with E-state index < -0.39 is 6.04 Å². The van der Waals surface area contributed by atoms with Crippen LogP contribution < -0.4 is 5.32 Å². The Labute approximate surface area is 194 Å². The number of nitrogens with zero attached hydrogens (tertiary/aromatic N) is 1. The fraction of sp³-hybridized carbons (Fsp3) is 0.440. The Bertz CT molecular complexity index is 882. The SMILES string of the molecule is C[C@H](C(=O)NC1CCCCC1)N(CCc1ccccc1)C(=O)Cc1ccc(Cl)c(Cl)c1. The number of nitrogens with one attached hydrogen (secondary N) is 1. The lowest BCUT2D eigenvalue weighted by Gasteiger charge is -2.31. The molecule has 0 aromatic heterocycles. The molecule has 0 spiro atoms. The lowest BCUT2D eigenvalue weighted by atomic mass is 9.95. The Morgan fingerprint density at radius 1 is 1.00 bits per heavy atom. The molecule has 1 aliphatic carbocycles. The summed E-state index contributed by atoms with van der Waals surface area (Å²) < 4.78 is 0. The van der Waals surface area contributed by atoms with Crippen molar-refractivity contribution in [3.8, 4) is 0 Å². The second kappa shape index (κ2) is 11.5. The molecule has 1 N–H and O–H groups in total. The summed E-state index contributed by atoms with van der Waals surface area (Å²) in [4.78, 5) is 27.9. The molecular formula is C25H30Cl2N2O2. The molecule has 0 radical (unpaired) electrons. The second-order valence-electron chi connectivity index (χ2n) is 8.27. The van der Waals surface area contributed by atoms with Gasteiger partial charge in [0.25, 0.3) is 0 Å². The van der Waals surface area contributed by atoms with Gasteiger partial charge in [-0.05, 0) is 49.4 Å². The van der Waals surface area contributed by atoms with Gasteiger partial charge in [0.2, 0.25) is 11.8 Å². The summed E-state index contributed by atoms with van der Waals surface area (Å²) in [7, 11) is 0. The fourth-order valence-electron chi connectivity index (χ4n) is 4.06. The van der Waals surface area contributed by atoms with Crippen molar-refractivity contribution in [2.45, 2.75) is 64.0 Å². The number of carbonyl (C=O) groups excluding carboxylic acids is 2. The predicted octanol–water partition coefficient (Wildman–Crippen LogP) is 5.44. The van der Waals surface area contributed by atoms with Crippen LogP contribution in [0.3, 0.4) is 0 Å². The summed E-state index contributed by atoms with van der Waals surface area (Å²) in [5.74, 6) is -0.178. The Morgan fingerprint density at radius 2 is 1.71 bits per heavy atom. The molecule has 6 heteroatoms. The molecule has 2 aromatic carbocycles. The molecule has 1 aliphatic rings. The summed E-state index contributed by atoms with van der Waals surface area (Å²) in [6, 6.07) is 14.9. The number of hydrogen-bond acceptors (Lipinski definition) is 2. The van der Waals surface area contributed by atoms with Gasteiger partial charge in [-0.1, -0.05) is 78.9 Å². The molecule has 0 bridgehead atoms. The van der Waals surface area contributed by atoms with E-state index in [1.165, 1.54) is 6.42 Å². The topological polar surface area (TPSA) is 49.4 Å². The van der Waals surface area contributed by atoms with E-state index in [-0.39, 0.29) is 24.3 Å². The first-order valence-electron chi connectivity index (χ1n) is 11.0. The molecule has 1 fully saturated rings. The van der Waals surface area contributed by atoms with Gasteiger partial charge < -0.3 is 10.2 Å². The molecular weight excluding hydrogens is 431 g/mol. The van der Waals surface area contributed by atoms with Crippen molar-refractivity contribution in [1.82, 2.24) is 10.2 Å². The number of amides is 2. The number of carbonyl (C=O) groups is 2. The average Bonchev–Trinajstić information content (AvgIpc) is 2.77.